The Hall–Kier alpha value is -5.29. The summed E-state index contributed by atoms with van der Waals surface area (Å²) in [7, 11) is 0. The zero-order chi connectivity index (χ0) is 25.4. The lowest BCUT2D eigenvalue weighted by molar-refractivity contribution is 1.20. The zero-order valence-electron chi connectivity index (χ0n) is 20.2. The number of nitrogens with one attached hydrogen (secondary N) is 3. The van der Waals surface area contributed by atoms with Gasteiger partial charge in [-0.25, -0.2) is 9.97 Å². The van der Waals surface area contributed by atoms with Gasteiger partial charge in [0, 0.05) is 45.6 Å². The maximum Gasteiger partial charge on any atom is 0.180 e. The van der Waals surface area contributed by atoms with Gasteiger partial charge in [-0.3, -0.25) is 9.97 Å². The molecule has 0 fully saturated rings. The van der Waals surface area contributed by atoms with E-state index in [0.717, 1.165) is 62.1 Å². The van der Waals surface area contributed by atoms with E-state index in [9.17, 15) is 5.26 Å². The molecule has 0 spiro atoms. The molecule has 0 aliphatic rings. The monoisotopic (exact) mass is 482 g/mol. The average Bonchev–Trinajstić information content (AvgIpc) is 3.32. The summed E-state index contributed by atoms with van der Waals surface area (Å²) in [6, 6.07) is 25.5. The quantitative estimate of drug-likeness (QED) is 0.255. The fourth-order valence-corrected chi connectivity index (χ4v) is 4.27. The van der Waals surface area contributed by atoms with Crippen molar-refractivity contribution in [2.75, 3.05) is 10.6 Å². The molecule has 0 aliphatic carbocycles. The molecule has 0 radical (unpaired) electrons. The summed E-state index contributed by atoms with van der Waals surface area (Å²) in [5, 5.41) is 17.0. The minimum Gasteiger partial charge on any atom is -0.355 e. The minimum absolute atomic E-state index is 0.601. The Morgan fingerprint density at radius 3 is 2.46 bits per heavy atom. The number of hydrogen-bond acceptors (Lipinski definition) is 7. The molecule has 0 saturated carbocycles. The summed E-state index contributed by atoms with van der Waals surface area (Å²) < 4.78 is 0. The normalized spacial score (nSPS) is 10.9. The van der Waals surface area contributed by atoms with E-state index in [4.69, 9.17) is 4.98 Å². The lowest BCUT2D eigenvalue weighted by atomic mass is 10.1. The van der Waals surface area contributed by atoms with E-state index in [1.807, 2.05) is 80.6 Å². The number of aromatic amines is 1. The number of nitriles is 1. The number of pyridine rings is 3. The second kappa shape index (κ2) is 9.06. The molecule has 0 saturated heterocycles. The summed E-state index contributed by atoms with van der Waals surface area (Å²) in [6.07, 6.45) is 1.77. The van der Waals surface area contributed by atoms with Crippen LogP contribution < -0.4 is 10.6 Å². The summed E-state index contributed by atoms with van der Waals surface area (Å²) in [4.78, 5) is 21.5. The summed E-state index contributed by atoms with van der Waals surface area (Å²) in [5.41, 5.74) is 8.50. The van der Waals surface area contributed by atoms with E-state index in [-0.39, 0.29) is 0 Å². The van der Waals surface area contributed by atoms with Crippen LogP contribution in [-0.4, -0.2) is 24.9 Å². The van der Waals surface area contributed by atoms with Crippen LogP contribution in [0.4, 0.5) is 22.9 Å². The van der Waals surface area contributed by atoms with Crippen molar-refractivity contribution in [1.29, 1.82) is 5.26 Å². The summed E-state index contributed by atoms with van der Waals surface area (Å²) >= 11 is 0. The summed E-state index contributed by atoms with van der Waals surface area (Å²) in [6.45, 7) is 3.91. The molecule has 0 amide bonds. The van der Waals surface area contributed by atoms with Gasteiger partial charge >= 0.3 is 0 Å². The number of nitrogens with zero attached hydrogens (tertiary/aromatic N) is 5. The predicted molar refractivity (Wildman–Crippen MR) is 146 cm³/mol. The molecule has 6 aromatic rings. The molecule has 4 aromatic heterocycles. The zero-order valence-corrected chi connectivity index (χ0v) is 20.2. The average molecular weight is 483 g/mol. The molecule has 6 rings (SSSR count). The number of rotatable bonds is 5. The molecule has 0 bridgehead atoms. The van der Waals surface area contributed by atoms with E-state index in [2.05, 4.69) is 36.6 Å². The molecular weight excluding hydrogens is 460 g/mol. The van der Waals surface area contributed by atoms with Crippen molar-refractivity contribution in [1.82, 2.24) is 24.9 Å². The molecule has 2 aromatic carbocycles. The van der Waals surface area contributed by atoms with Crippen LogP contribution in [0.3, 0.4) is 0 Å². The van der Waals surface area contributed by atoms with Crippen molar-refractivity contribution < 1.29 is 0 Å². The number of H-pyrrole nitrogens is 1. The van der Waals surface area contributed by atoms with Gasteiger partial charge in [0.15, 0.2) is 5.65 Å². The van der Waals surface area contributed by atoms with Crippen LogP contribution in [0.2, 0.25) is 0 Å². The maximum atomic E-state index is 9.31. The number of aromatic nitrogens is 5. The third-order valence-corrected chi connectivity index (χ3v) is 6.02. The van der Waals surface area contributed by atoms with Crippen molar-refractivity contribution in [3.05, 3.63) is 95.9 Å². The van der Waals surface area contributed by atoms with Crippen LogP contribution in [0.25, 0.3) is 33.5 Å². The molecule has 0 atom stereocenters. The first kappa shape index (κ1) is 22.2. The third-order valence-electron chi connectivity index (χ3n) is 6.02. The Morgan fingerprint density at radius 2 is 1.65 bits per heavy atom. The van der Waals surface area contributed by atoms with E-state index in [1.165, 1.54) is 0 Å². The van der Waals surface area contributed by atoms with Crippen LogP contribution in [0.1, 0.15) is 17.0 Å². The highest BCUT2D eigenvalue weighted by Crippen LogP contribution is 2.29. The largest absolute Gasteiger partial charge is 0.355 e. The number of aryl methyl sites for hydroxylation is 2. The first-order chi connectivity index (χ1) is 18.0. The Balaban J connectivity index is 1.25. The fraction of sp³-hybridized carbons (Fsp3) is 0.0690. The van der Waals surface area contributed by atoms with E-state index < -0.39 is 0 Å². The molecule has 178 valence electrons. The van der Waals surface area contributed by atoms with Gasteiger partial charge in [0.05, 0.1) is 22.7 Å². The first-order valence-corrected chi connectivity index (χ1v) is 11.8. The highest BCUT2D eigenvalue weighted by Gasteiger charge is 2.10. The SMILES string of the molecule is Cc1cc(Nc2ccc3[nH]c(-c4ccc(Nc5cc(C)nc6ccc(C#N)cc56)cc4)nc3n2)ccn1. The van der Waals surface area contributed by atoms with Gasteiger partial charge in [-0.2, -0.15) is 5.26 Å². The van der Waals surface area contributed by atoms with Crippen LogP contribution in [-0.2, 0) is 0 Å². The Kier molecular flexibility index (Phi) is 5.43. The molecular formula is C29H22N8. The summed E-state index contributed by atoms with van der Waals surface area (Å²) in [5.74, 6) is 1.46. The lowest BCUT2D eigenvalue weighted by Crippen LogP contribution is -1.95. The third kappa shape index (κ3) is 4.54. The van der Waals surface area contributed by atoms with Crippen LogP contribution >= 0.6 is 0 Å². The number of imidazole rings is 1. The molecule has 0 aliphatic heterocycles. The Morgan fingerprint density at radius 1 is 0.784 bits per heavy atom. The maximum absolute atomic E-state index is 9.31. The van der Waals surface area contributed by atoms with E-state index >= 15 is 0 Å². The Bertz CT molecular complexity index is 1810. The highest BCUT2D eigenvalue weighted by molar-refractivity contribution is 5.94. The second-order valence-corrected chi connectivity index (χ2v) is 8.82. The number of anilines is 4. The van der Waals surface area contributed by atoms with Crippen molar-refractivity contribution in [3.63, 3.8) is 0 Å². The van der Waals surface area contributed by atoms with Crippen LogP contribution in [0.5, 0.6) is 0 Å². The smallest absolute Gasteiger partial charge is 0.180 e. The van der Waals surface area contributed by atoms with Gasteiger partial charge in [0.2, 0.25) is 0 Å². The van der Waals surface area contributed by atoms with Gasteiger partial charge in [-0.1, -0.05) is 0 Å². The minimum atomic E-state index is 0.601. The first-order valence-electron chi connectivity index (χ1n) is 11.8. The number of hydrogen-bond donors (Lipinski definition) is 3. The molecule has 37 heavy (non-hydrogen) atoms. The van der Waals surface area contributed by atoms with Gasteiger partial charge in [0.25, 0.3) is 0 Å². The van der Waals surface area contributed by atoms with Crippen molar-refractivity contribution in [3.8, 4) is 17.5 Å². The standard InChI is InChI=1S/C29H22N8/c1-17-13-22(11-12-31-17)34-27-10-9-25-29(36-27)37-28(35-25)20-4-6-21(7-5-20)33-26-14-18(2)32-24-8-3-19(16-30)15-23(24)26/h3-15H,1-2H3,(H,32,33)(H2,31,34,35,36,37). The highest BCUT2D eigenvalue weighted by atomic mass is 15.1. The van der Waals surface area contributed by atoms with Crippen molar-refractivity contribution >= 4 is 44.9 Å². The van der Waals surface area contributed by atoms with Crippen molar-refractivity contribution in [2.24, 2.45) is 0 Å². The molecule has 3 N–H and O–H groups in total. The number of fused-ring (bicyclic) bond motifs is 2. The number of benzene rings is 2. The van der Waals surface area contributed by atoms with Gasteiger partial charge in [-0.05, 0) is 86.6 Å². The van der Waals surface area contributed by atoms with Gasteiger partial charge in [0.1, 0.15) is 11.6 Å². The fourth-order valence-electron chi connectivity index (χ4n) is 4.27. The Labute approximate surface area is 213 Å². The molecule has 8 heteroatoms. The van der Waals surface area contributed by atoms with Gasteiger partial charge in [-0.15, -0.1) is 0 Å². The van der Waals surface area contributed by atoms with Crippen molar-refractivity contribution in [2.45, 2.75) is 13.8 Å². The molecule has 0 unspecified atom stereocenters. The molecule has 4 heterocycles. The second-order valence-electron chi connectivity index (χ2n) is 8.82. The lowest BCUT2D eigenvalue weighted by Gasteiger charge is -2.11. The van der Waals surface area contributed by atoms with Crippen LogP contribution in [0.15, 0.2) is 79.0 Å². The van der Waals surface area contributed by atoms with Gasteiger partial charge < -0.3 is 15.6 Å². The topological polar surface area (TPSA) is 115 Å². The molecule has 8 nitrogen and oxygen atoms in total. The van der Waals surface area contributed by atoms with Crippen LogP contribution in [0, 0.1) is 25.2 Å². The van der Waals surface area contributed by atoms with E-state index in [1.54, 1.807) is 12.3 Å². The van der Waals surface area contributed by atoms with E-state index in [0.29, 0.717) is 11.2 Å². The predicted octanol–water partition coefficient (Wildman–Crippen LogP) is 6.54.